The Bertz CT molecular complexity index is 296. The van der Waals surface area contributed by atoms with Crippen LogP contribution in [0.3, 0.4) is 0 Å². The third-order valence-corrected chi connectivity index (χ3v) is 2.87. The van der Waals surface area contributed by atoms with E-state index < -0.39 is 0 Å². The molecule has 0 bridgehead atoms. The molecule has 0 spiro atoms. The number of amides is 1. The number of thiophene rings is 1. The van der Waals surface area contributed by atoms with E-state index in [0.717, 1.165) is 0 Å². The monoisotopic (exact) mass is 213 g/mol. The van der Waals surface area contributed by atoms with Gasteiger partial charge in [0.05, 0.1) is 6.54 Å². The van der Waals surface area contributed by atoms with Crippen LogP contribution in [0.4, 0.5) is 0 Å². The lowest BCUT2D eigenvalue weighted by Crippen LogP contribution is -2.26. The predicted octanol–water partition coefficient (Wildman–Crippen LogP) is 1.71. The molecule has 1 aromatic rings. The first-order valence-corrected chi connectivity index (χ1v) is 5.49. The van der Waals surface area contributed by atoms with Gasteiger partial charge in [0, 0.05) is 11.5 Å². The largest absolute Gasteiger partial charge is 0.372 e. The summed E-state index contributed by atoms with van der Waals surface area (Å²) in [6.45, 7) is 5.25. The molecular weight excluding hydrogens is 198 g/mol. The van der Waals surface area contributed by atoms with Crippen molar-refractivity contribution < 1.29 is 9.53 Å². The smallest absolute Gasteiger partial charge is 0.246 e. The van der Waals surface area contributed by atoms with Crippen molar-refractivity contribution in [2.24, 2.45) is 0 Å². The van der Waals surface area contributed by atoms with Gasteiger partial charge in [-0.1, -0.05) is 0 Å². The second-order valence-corrected chi connectivity index (χ2v) is 3.94. The summed E-state index contributed by atoms with van der Waals surface area (Å²) in [6, 6.07) is 2.05. The second-order valence-electron chi connectivity index (χ2n) is 2.94. The van der Waals surface area contributed by atoms with Gasteiger partial charge in [0.25, 0.3) is 0 Å². The molecule has 14 heavy (non-hydrogen) atoms. The van der Waals surface area contributed by atoms with Crippen LogP contribution in [0.2, 0.25) is 0 Å². The SMILES string of the molecule is CCOCC(=O)NCc1sccc1C. The standard InChI is InChI=1S/C10H15NO2S/c1-3-13-7-10(12)11-6-9-8(2)4-5-14-9/h4-5H,3,6-7H2,1-2H3,(H,11,12). The summed E-state index contributed by atoms with van der Waals surface area (Å²) in [6.07, 6.45) is 0. The van der Waals surface area contributed by atoms with Crippen molar-refractivity contribution in [2.75, 3.05) is 13.2 Å². The molecule has 0 unspecified atom stereocenters. The van der Waals surface area contributed by atoms with Gasteiger partial charge < -0.3 is 10.1 Å². The number of rotatable bonds is 5. The summed E-state index contributed by atoms with van der Waals surface area (Å²) in [4.78, 5) is 12.4. The summed E-state index contributed by atoms with van der Waals surface area (Å²) in [7, 11) is 0. The maximum absolute atomic E-state index is 11.2. The lowest BCUT2D eigenvalue weighted by molar-refractivity contribution is -0.125. The van der Waals surface area contributed by atoms with Gasteiger partial charge in [0.2, 0.25) is 5.91 Å². The van der Waals surface area contributed by atoms with E-state index in [1.54, 1.807) is 11.3 Å². The van der Waals surface area contributed by atoms with Crippen LogP contribution < -0.4 is 5.32 Å². The lowest BCUT2D eigenvalue weighted by atomic mass is 10.3. The zero-order valence-electron chi connectivity index (χ0n) is 8.50. The van der Waals surface area contributed by atoms with E-state index in [1.165, 1.54) is 10.4 Å². The van der Waals surface area contributed by atoms with Crippen molar-refractivity contribution in [3.05, 3.63) is 21.9 Å². The number of aryl methyl sites for hydroxylation is 1. The first kappa shape index (κ1) is 11.2. The van der Waals surface area contributed by atoms with E-state index in [-0.39, 0.29) is 12.5 Å². The van der Waals surface area contributed by atoms with Gasteiger partial charge in [-0.15, -0.1) is 11.3 Å². The Morgan fingerprint density at radius 2 is 2.43 bits per heavy atom. The van der Waals surface area contributed by atoms with Crippen molar-refractivity contribution in [2.45, 2.75) is 20.4 Å². The second kappa shape index (κ2) is 5.78. The highest BCUT2D eigenvalue weighted by Crippen LogP contribution is 2.14. The van der Waals surface area contributed by atoms with Crippen LogP contribution in [0.1, 0.15) is 17.4 Å². The van der Waals surface area contributed by atoms with Gasteiger partial charge in [-0.05, 0) is 30.9 Å². The molecular formula is C10H15NO2S. The normalized spacial score (nSPS) is 10.1. The Kier molecular flexibility index (Phi) is 4.62. The van der Waals surface area contributed by atoms with Gasteiger partial charge in [-0.25, -0.2) is 0 Å². The van der Waals surface area contributed by atoms with Crippen LogP contribution in [0.15, 0.2) is 11.4 Å². The van der Waals surface area contributed by atoms with Crippen molar-refractivity contribution >= 4 is 17.2 Å². The first-order chi connectivity index (χ1) is 6.74. The van der Waals surface area contributed by atoms with Gasteiger partial charge in [-0.3, -0.25) is 4.79 Å². The molecule has 78 valence electrons. The molecule has 1 rings (SSSR count). The fourth-order valence-corrected chi connectivity index (χ4v) is 1.86. The molecule has 0 atom stereocenters. The Hall–Kier alpha value is -0.870. The lowest BCUT2D eigenvalue weighted by Gasteiger charge is -2.04. The number of hydrogen-bond donors (Lipinski definition) is 1. The molecule has 0 aliphatic rings. The summed E-state index contributed by atoms with van der Waals surface area (Å²) in [5.74, 6) is -0.0559. The summed E-state index contributed by atoms with van der Waals surface area (Å²) >= 11 is 1.66. The number of carbonyl (C=O) groups is 1. The number of ether oxygens (including phenoxy) is 1. The van der Waals surface area contributed by atoms with Crippen LogP contribution >= 0.6 is 11.3 Å². The van der Waals surface area contributed by atoms with Gasteiger partial charge in [0.1, 0.15) is 6.61 Å². The highest BCUT2D eigenvalue weighted by molar-refractivity contribution is 7.10. The molecule has 0 aliphatic heterocycles. The van der Waals surface area contributed by atoms with E-state index >= 15 is 0 Å². The van der Waals surface area contributed by atoms with E-state index in [4.69, 9.17) is 4.74 Å². The Labute approximate surface area is 88.1 Å². The molecule has 0 fully saturated rings. The van der Waals surface area contributed by atoms with Gasteiger partial charge in [-0.2, -0.15) is 0 Å². The third-order valence-electron chi connectivity index (χ3n) is 1.85. The molecule has 3 nitrogen and oxygen atoms in total. The Morgan fingerprint density at radius 1 is 1.64 bits per heavy atom. The maximum atomic E-state index is 11.2. The van der Waals surface area contributed by atoms with Crippen molar-refractivity contribution in [1.82, 2.24) is 5.32 Å². The molecule has 0 saturated carbocycles. The highest BCUT2D eigenvalue weighted by atomic mass is 32.1. The summed E-state index contributed by atoms with van der Waals surface area (Å²) in [5.41, 5.74) is 1.23. The number of carbonyl (C=O) groups excluding carboxylic acids is 1. The van der Waals surface area contributed by atoms with Crippen LogP contribution in [-0.4, -0.2) is 19.1 Å². The number of hydrogen-bond acceptors (Lipinski definition) is 3. The Morgan fingerprint density at radius 3 is 3.00 bits per heavy atom. The van der Waals surface area contributed by atoms with Crippen molar-refractivity contribution in [3.8, 4) is 0 Å². The predicted molar refractivity (Wildman–Crippen MR) is 57.4 cm³/mol. The van der Waals surface area contributed by atoms with Crippen LogP contribution in [0, 0.1) is 6.92 Å². The molecule has 4 heteroatoms. The average Bonchev–Trinajstić information content (AvgIpc) is 2.58. The van der Waals surface area contributed by atoms with E-state index in [0.29, 0.717) is 13.2 Å². The van der Waals surface area contributed by atoms with Crippen LogP contribution in [-0.2, 0) is 16.1 Å². The molecule has 0 aromatic carbocycles. The van der Waals surface area contributed by atoms with Gasteiger partial charge >= 0.3 is 0 Å². The zero-order valence-corrected chi connectivity index (χ0v) is 9.32. The quantitative estimate of drug-likeness (QED) is 0.808. The molecule has 1 amide bonds. The molecule has 0 aliphatic carbocycles. The van der Waals surface area contributed by atoms with Crippen LogP contribution in [0.5, 0.6) is 0 Å². The minimum absolute atomic E-state index is 0.0559. The maximum Gasteiger partial charge on any atom is 0.246 e. The van der Waals surface area contributed by atoms with E-state index in [9.17, 15) is 4.79 Å². The minimum Gasteiger partial charge on any atom is -0.372 e. The molecule has 1 aromatic heterocycles. The van der Waals surface area contributed by atoms with E-state index in [1.807, 2.05) is 19.2 Å². The molecule has 0 saturated heterocycles. The summed E-state index contributed by atoms with van der Waals surface area (Å²) < 4.78 is 4.99. The molecule has 1 heterocycles. The third kappa shape index (κ3) is 3.47. The van der Waals surface area contributed by atoms with Gasteiger partial charge in [0.15, 0.2) is 0 Å². The molecule has 0 radical (unpaired) electrons. The fraction of sp³-hybridized carbons (Fsp3) is 0.500. The zero-order chi connectivity index (χ0) is 10.4. The minimum atomic E-state index is -0.0559. The molecule has 1 N–H and O–H groups in total. The number of nitrogens with one attached hydrogen (secondary N) is 1. The fourth-order valence-electron chi connectivity index (χ4n) is 1.01. The average molecular weight is 213 g/mol. The highest BCUT2D eigenvalue weighted by Gasteiger charge is 2.03. The van der Waals surface area contributed by atoms with Crippen molar-refractivity contribution in [1.29, 1.82) is 0 Å². The van der Waals surface area contributed by atoms with E-state index in [2.05, 4.69) is 11.4 Å². The Balaban J connectivity index is 2.27. The van der Waals surface area contributed by atoms with Crippen molar-refractivity contribution in [3.63, 3.8) is 0 Å². The topological polar surface area (TPSA) is 38.3 Å². The van der Waals surface area contributed by atoms with Crippen LogP contribution in [0.25, 0.3) is 0 Å². The first-order valence-electron chi connectivity index (χ1n) is 4.61. The summed E-state index contributed by atoms with van der Waals surface area (Å²) in [5, 5.41) is 4.83.